The number of ether oxygens (including phenoxy) is 1. The SMILES string of the molecule is COc1cccc(-c2nnc(NC(=O)CS(=O)(=O)Cc3ccccc3)o2)c1. The highest BCUT2D eigenvalue weighted by Crippen LogP contribution is 2.23. The Morgan fingerprint density at radius 1 is 1.11 bits per heavy atom. The van der Waals surface area contributed by atoms with Gasteiger partial charge in [0.05, 0.1) is 12.9 Å². The van der Waals surface area contributed by atoms with E-state index in [1.807, 2.05) is 0 Å². The molecule has 1 amide bonds. The normalized spacial score (nSPS) is 11.1. The van der Waals surface area contributed by atoms with Gasteiger partial charge in [-0.1, -0.05) is 41.5 Å². The Morgan fingerprint density at radius 3 is 2.63 bits per heavy atom. The standard InChI is InChI=1S/C18H17N3O5S/c1-25-15-9-5-8-14(10-15)17-20-21-18(26-17)19-16(22)12-27(23,24)11-13-6-3-2-4-7-13/h2-10H,11-12H2,1H3,(H,19,21,22). The first-order valence-electron chi connectivity index (χ1n) is 7.97. The average molecular weight is 387 g/mol. The van der Waals surface area contributed by atoms with Crippen LogP contribution in [0.5, 0.6) is 5.75 Å². The molecule has 0 atom stereocenters. The van der Waals surface area contributed by atoms with Gasteiger partial charge in [-0.25, -0.2) is 8.42 Å². The third kappa shape index (κ3) is 5.14. The molecule has 3 rings (SSSR count). The Morgan fingerprint density at radius 2 is 1.89 bits per heavy atom. The highest BCUT2D eigenvalue weighted by molar-refractivity contribution is 7.91. The fourth-order valence-corrected chi connectivity index (χ4v) is 3.65. The molecular formula is C18H17N3O5S. The van der Waals surface area contributed by atoms with Crippen molar-refractivity contribution in [2.24, 2.45) is 0 Å². The minimum Gasteiger partial charge on any atom is -0.497 e. The maximum atomic E-state index is 12.2. The lowest BCUT2D eigenvalue weighted by molar-refractivity contribution is -0.114. The van der Waals surface area contributed by atoms with Gasteiger partial charge in [-0.05, 0) is 23.8 Å². The fraction of sp³-hybridized carbons (Fsp3) is 0.167. The van der Waals surface area contributed by atoms with E-state index >= 15 is 0 Å². The molecule has 0 fully saturated rings. The summed E-state index contributed by atoms with van der Waals surface area (Å²) in [4.78, 5) is 12.0. The number of carbonyl (C=O) groups excluding carboxylic acids is 1. The molecule has 0 aliphatic rings. The number of hydrogen-bond donors (Lipinski definition) is 1. The number of hydrogen-bond acceptors (Lipinski definition) is 7. The molecule has 140 valence electrons. The second-order valence-electron chi connectivity index (χ2n) is 5.71. The molecule has 2 aromatic carbocycles. The molecule has 0 bridgehead atoms. The summed E-state index contributed by atoms with van der Waals surface area (Å²) in [5.74, 6) is -0.856. The lowest BCUT2D eigenvalue weighted by Gasteiger charge is -2.04. The predicted octanol–water partition coefficient (Wildman–Crippen LogP) is 2.30. The molecule has 3 aromatic rings. The number of sulfone groups is 1. The van der Waals surface area contributed by atoms with Crippen LogP contribution in [-0.4, -0.2) is 37.4 Å². The van der Waals surface area contributed by atoms with Crippen LogP contribution in [0.25, 0.3) is 11.5 Å². The maximum Gasteiger partial charge on any atom is 0.322 e. The van der Waals surface area contributed by atoms with E-state index in [9.17, 15) is 13.2 Å². The Balaban J connectivity index is 1.64. The summed E-state index contributed by atoms with van der Waals surface area (Å²) in [6.07, 6.45) is 0. The number of amides is 1. The number of nitrogens with one attached hydrogen (secondary N) is 1. The lowest BCUT2D eigenvalue weighted by Crippen LogP contribution is -2.24. The third-order valence-corrected chi connectivity index (χ3v) is 5.04. The van der Waals surface area contributed by atoms with Gasteiger partial charge in [-0.15, -0.1) is 5.10 Å². The van der Waals surface area contributed by atoms with E-state index in [1.54, 1.807) is 54.6 Å². The number of rotatable bonds is 7. The molecule has 9 heteroatoms. The van der Waals surface area contributed by atoms with Crippen molar-refractivity contribution in [2.75, 3.05) is 18.2 Å². The van der Waals surface area contributed by atoms with Crippen LogP contribution in [0.15, 0.2) is 59.0 Å². The number of anilines is 1. The number of aromatic nitrogens is 2. The van der Waals surface area contributed by atoms with Gasteiger partial charge in [-0.2, -0.15) is 0 Å². The number of nitrogens with zero attached hydrogens (tertiary/aromatic N) is 2. The second kappa shape index (κ2) is 8.00. The molecule has 0 saturated carbocycles. The van der Waals surface area contributed by atoms with Crippen LogP contribution in [0, 0.1) is 0 Å². The van der Waals surface area contributed by atoms with Gasteiger partial charge in [0.15, 0.2) is 9.84 Å². The first kappa shape index (κ1) is 18.6. The van der Waals surface area contributed by atoms with E-state index in [0.717, 1.165) is 0 Å². The summed E-state index contributed by atoms with van der Waals surface area (Å²) in [6.45, 7) is 0. The molecule has 1 heterocycles. The zero-order chi connectivity index (χ0) is 19.3. The summed E-state index contributed by atoms with van der Waals surface area (Å²) in [7, 11) is -2.09. The van der Waals surface area contributed by atoms with Crippen molar-refractivity contribution in [1.29, 1.82) is 0 Å². The van der Waals surface area contributed by atoms with Crippen molar-refractivity contribution in [3.8, 4) is 17.2 Å². The minimum absolute atomic E-state index is 0.173. The maximum absolute atomic E-state index is 12.2. The van der Waals surface area contributed by atoms with Crippen LogP contribution in [0.2, 0.25) is 0 Å². The number of carbonyl (C=O) groups is 1. The van der Waals surface area contributed by atoms with E-state index in [0.29, 0.717) is 16.9 Å². The smallest absolute Gasteiger partial charge is 0.322 e. The Bertz CT molecular complexity index is 1030. The average Bonchev–Trinajstić information content (AvgIpc) is 3.10. The van der Waals surface area contributed by atoms with Gasteiger partial charge in [0.2, 0.25) is 11.8 Å². The molecule has 27 heavy (non-hydrogen) atoms. The molecule has 0 saturated heterocycles. The monoisotopic (exact) mass is 387 g/mol. The molecular weight excluding hydrogens is 370 g/mol. The fourth-order valence-electron chi connectivity index (χ4n) is 2.38. The van der Waals surface area contributed by atoms with Gasteiger partial charge >= 0.3 is 6.01 Å². The topological polar surface area (TPSA) is 111 Å². The lowest BCUT2D eigenvalue weighted by atomic mass is 10.2. The van der Waals surface area contributed by atoms with E-state index < -0.39 is 21.5 Å². The summed E-state index contributed by atoms with van der Waals surface area (Å²) in [5.41, 5.74) is 1.22. The van der Waals surface area contributed by atoms with Crippen LogP contribution < -0.4 is 10.1 Å². The number of methoxy groups -OCH3 is 1. The van der Waals surface area contributed by atoms with Crippen LogP contribution in [0.1, 0.15) is 5.56 Å². The van der Waals surface area contributed by atoms with E-state index in [2.05, 4.69) is 15.5 Å². The molecule has 1 aromatic heterocycles. The van der Waals surface area contributed by atoms with E-state index in [-0.39, 0.29) is 17.7 Å². The minimum atomic E-state index is -3.63. The van der Waals surface area contributed by atoms with Crippen LogP contribution >= 0.6 is 0 Å². The van der Waals surface area contributed by atoms with Crippen LogP contribution in [-0.2, 0) is 20.4 Å². The molecule has 0 unspecified atom stereocenters. The first-order chi connectivity index (χ1) is 12.9. The summed E-state index contributed by atoms with van der Waals surface area (Å²) < 4.78 is 34.8. The second-order valence-corrected chi connectivity index (χ2v) is 7.77. The van der Waals surface area contributed by atoms with Crippen molar-refractivity contribution in [3.63, 3.8) is 0 Å². The van der Waals surface area contributed by atoms with Crippen molar-refractivity contribution in [2.45, 2.75) is 5.75 Å². The zero-order valence-corrected chi connectivity index (χ0v) is 15.3. The van der Waals surface area contributed by atoms with Gasteiger partial charge in [0.25, 0.3) is 0 Å². The summed E-state index contributed by atoms with van der Waals surface area (Å²) in [5, 5.41) is 9.87. The third-order valence-electron chi connectivity index (χ3n) is 3.57. The Kier molecular flexibility index (Phi) is 5.51. The Hall–Kier alpha value is -3.20. The van der Waals surface area contributed by atoms with Crippen molar-refractivity contribution in [3.05, 3.63) is 60.2 Å². The molecule has 0 spiro atoms. The quantitative estimate of drug-likeness (QED) is 0.662. The summed E-state index contributed by atoms with van der Waals surface area (Å²) in [6, 6.07) is 15.4. The molecule has 0 radical (unpaired) electrons. The molecule has 0 aliphatic carbocycles. The highest BCUT2D eigenvalue weighted by Gasteiger charge is 2.19. The number of benzene rings is 2. The Labute approximate surface area is 156 Å². The predicted molar refractivity (Wildman–Crippen MR) is 98.8 cm³/mol. The van der Waals surface area contributed by atoms with Crippen LogP contribution in [0.4, 0.5) is 6.01 Å². The van der Waals surface area contributed by atoms with E-state index in [1.165, 1.54) is 7.11 Å². The zero-order valence-electron chi connectivity index (χ0n) is 14.5. The largest absolute Gasteiger partial charge is 0.497 e. The summed E-state index contributed by atoms with van der Waals surface area (Å²) >= 11 is 0. The van der Waals surface area contributed by atoms with E-state index in [4.69, 9.17) is 9.15 Å². The van der Waals surface area contributed by atoms with Crippen molar-refractivity contribution in [1.82, 2.24) is 10.2 Å². The molecule has 8 nitrogen and oxygen atoms in total. The van der Waals surface area contributed by atoms with Gasteiger partial charge in [0, 0.05) is 5.56 Å². The first-order valence-corrected chi connectivity index (χ1v) is 9.79. The van der Waals surface area contributed by atoms with Gasteiger partial charge in [-0.3, -0.25) is 10.1 Å². The molecule has 0 aliphatic heterocycles. The van der Waals surface area contributed by atoms with Gasteiger partial charge in [0.1, 0.15) is 11.5 Å². The van der Waals surface area contributed by atoms with Crippen molar-refractivity contribution < 1.29 is 22.4 Å². The van der Waals surface area contributed by atoms with Crippen LogP contribution in [0.3, 0.4) is 0 Å². The molecule has 1 N–H and O–H groups in total. The highest BCUT2D eigenvalue weighted by atomic mass is 32.2. The van der Waals surface area contributed by atoms with Crippen molar-refractivity contribution >= 4 is 21.8 Å². The van der Waals surface area contributed by atoms with Gasteiger partial charge < -0.3 is 9.15 Å².